The highest BCUT2D eigenvalue weighted by molar-refractivity contribution is 5.97. The molecule has 1 aromatic heterocycles. The summed E-state index contributed by atoms with van der Waals surface area (Å²) in [7, 11) is 1.49. The summed E-state index contributed by atoms with van der Waals surface area (Å²) < 4.78 is 18.4. The van der Waals surface area contributed by atoms with Crippen LogP contribution >= 0.6 is 0 Å². The summed E-state index contributed by atoms with van der Waals surface area (Å²) in [6.45, 7) is 1.48. The third kappa shape index (κ3) is 3.68. The van der Waals surface area contributed by atoms with E-state index < -0.39 is 17.6 Å². The Labute approximate surface area is 121 Å². The van der Waals surface area contributed by atoms with Crippen molar-refractivity contribution >= 4 is 17.5 Å². The predicted molar refractivity (Wildman–Crippen MR) is 75.4 cm³/mol. The smallest absolute Gasteiger partial charge is 0.289 e. The summed E-state index contributed by atoms with van der Waals surface area (Å²) in [5.74, 6) is -1.05. The van der Waals surface area contributed by atoms with Gasteiger partial charge >= 0.3 is 0 Å². The molecule has 1 N–H and O–H groups in total. The Kier molecular flexibility index (Phi) is 4.37. The lowest BCUT2D eigenvalue weighted by Gasteiger charge is -2.15. The van der Waals surface area contributed by atoms with E-state index in [1.54, 1.807) is 25.1 Å². The topological polar surface area (TPSA) is 62.6 Å². The van der Waals surface area contributed by atoms with Gasteiger partial charge in [0.15, 0.2) is 5.76 Å². The van der Waals surface area contributed by atoms with Crippen LogP contribution in [0.15, 0.2) is 41.0 Å². The number of nitrogens with one attached hydrogen (secondary N) is 1. The van der Waals surface area contributed by atoms with Gasteiger partial charge in [-0.2, -0.15) is 0 Å². The zero-order valence-corrected chi connectivity index (χ0v) is 11.7. The molecule has 2 aromatic rings. The number of hydrogen-bond donors (Lipinski definition) is 1. The lowest BCUT2D eigenvalue weighted by molar-refractivity contribution is -0.116. The van der Waals surface area contributed by atoms with E-state index in [1.807, 2.05) is 0 Å². The van der Waals surface area contributed by atoms with Crippen molar-refractivity contribution in [2.45, 2.75) is 6.92 Å². The number of furan rings is 1. The van der Waals surface area contributed by atoms with Crippen LogP contribution in [0.25, 0.3) is 0 Å². The summed E-state index contributed by atoms with van der Waals surface area (Å²) in [5, 5.41) is 2.54. The Morgan fingerprint density at radius 1 is 1.33 bits per heavy atom. The van der Waals surface area contributed by atoms with Gasteiger partial charge < -0.3 is 14.6 Å². The number of amides is 2. The second kappa shape index (κ2) is 6.21. The van der Waals surface area contributed by atoms with Crippen molar-refractivity contribution in [3.8, 4) is 0 Å². The molecule has 0 aliphatic heterocycles. The van der Waals surface area contributed by atoms with E-state index in [4.69, 9.17) is 4.42 Å². The third-order valence-electron chi connectivity index (χ3n) is 2.92. The fraction of sp³-hybridized carbons (Fsp3) is 0.200. The maximum Gasteiger partial charge on any atom is 0.289 e. The van der Waals surface area contributed by atoms with E-state index >= 15 is 0 Å². The van der Waals surface area contributed by atoms with Crippen molar-refractivity contribution in [2.75, 3.05) is 18.9 Å². The standard InChI is InChI=1S/C15H15FN2O3/c1-10-5-6-11(8-12(10)16)17-14(19)9-18(2)15(20)13-4-3-7-21-13/h3-8H,9H2,1-2H3,(H,17,19). The van der Waals surface area contributed by atoms with Crippen molar-refractivity contribution in [1.82, 2.24) is 4.90 Å². The summed E-state index contributed by atoms with van der Waals surface area (Å²) in [5.41, 5.74) is 0.847. The number of likely N-dealkylation sites (N-methyl/N-ethyl adjacent to an activating group) is 1. The molecular weight excluding hydrogens is 275 g/mol. The highest BCUT2D eigenvalue weighted by Gasteiger charge is 2.17. The summed E-state index contributed by atoms with van der Waals surface area (Å²) in [6.07, 6.45) is 1.39. The lowest BCUT2D eigenvalue weighted by Crippen LogP contribution is -2.34. The van der Waals surface area contributed by atoms with Gasteiger partial charge in [-0.25, -0.2) is 4.39 Å². The van der Waals surface area contributed by atoms with E-state index in [0.29, 0.717) is 11.3 Å². The van der Waals surface area contributed by atoms with E-state index in [-0.39, 0.29) is 12.3 Å². The van der Waals surface area contributed by atoms with E-state index in [9.17, 15) is 14.0 Å². The quantitative estimate of drug-likeness (QED) is 0.940. The predicted octanol–water partition coefficient (Wildman–Crippen LogP) is 2.44. The fourth-order valence-electron chi connectivity index (χ4n) is 1.75. The molecule has 1 aromatic carbocycles. The van der Waals surface area contributed by atoms with Gasteiger partial charge in [-0.1, -0.05) is 6.07 Å². The molecular formula is C15H15FN2O3. The van der Waals surface area contributed by atoms with Crippen LogP contribution < -0.4 is 5.32 Å². The molecule has 0 spiro atoms. The van der Waals surface area contributed by atoms with Crippen LogP contribution in [0, 0.1) is 12.7 Å². The second-order valence-electron chi connectivity index (χ2n) is 4.65. The van der Waals surface area contributed by atoms with Crippen molar-refractivity contribution < 1.29 is 18.4 Å². The first-order valence-electron chi connectivity index (χ1n) is 6.32. The first kappa shape index (κ1) is 14.8. The molecule has 0 radical (unpaired) electrons. The molecule has 0 aliphatic carbocycles. The van der Waals surface area contributed by atoms with Crippen LogP contribution in [-0.4, -0.2) is 30.3 Å². The van der Waals surface area contributed by atoms with Crippen LogP contribution in [0.5, 0.6) is 0 Å². The molecule has 1 heterocycles. The molecule has 0 aliphatic rings. The summed E-state index contributed by atoms with van der Waals surface area (Å²) >= 11 is 0. The minimum Gasteiger partial charge on any atom is -0.459 e. The van der Waals surface area contributed by atoms with Crippen LogP contribution in [-0.2, 0) is 4.79 Å². The van der Waals surface area contributed by atoms with E-state index in [1.165, 1.54) is 30.3 Å². The van der Waals surface area contributed by atoms with Gasteiger partial charge in [0, 0.05) is 12.7 Å². The number of hydrogen-bond acceptors (Lipinski definition) is 3. The normalized spacial score (nSPS) is 10.2. The number of benzene rings is 1. The first-order valence-corrected chi connectivity index (χ1v) is 6.32. The van der Waals surface area contributed by atoms with Gasteiger partial charge in [-0.05, 0) is 36.8 Å². The Balaban J connectivity index is 1.95. The number of carbonyl (C=O) groups is 2. The molecule has 0 saturated heterocycles. The minimum atomic E-state index is -0.416. The zero-order valence-electron chi connectivity index (χ0n) is 11.7. The molecule has 0 bridgehead atoms. The van der Waals surface area contributed by atoms with Gasteiger partial charge in [0.25, 0.3) is 5.91 Å². The number of rotatable bonds is 4. The molecule has 0 saturated carbocycles. The number of halogens is 1. The fourth-order valence-corrected chi connectivity index (χ4v) is 1.75. The molecule has 0 unspecified atom stereocenters. The third-order valence-corrected chi connectivity index (χ3v) is 2.92. The molecule has 2 rings (SSSR count). The second-order valence-corrected chi connectivity index (χ2v) is 4.65. The van der Waals surface area contributed by atoms with Crippen molar-refractivity contribution in [3.05, 3.63) is 53.7 Å². The van der Waals surface area contributed by atoms with Crippen molar-refractivity contribution in [2.24, 2.45) is 0 Å². The van der Waals surface area contributed by atoms with E-state index in [2.05, 4.69) is 5.32 Å². The number of nitrogens with zero attached hydrogens (tertiary/aromatic N) is 1. The average molecular weight is 290 g/mol. The van der Waals surface area contributed by atoms with Gasteiger partial charge in [0.1, 0.15) is 5.82 Å². The SMILES string of the molecule is Cc1ccc(NC(=O)CN(C)C(=O)c2ccco2)cc1F. The average Bonchev–Trinajstić information content (AvgIpc) is 2.96. The zero-order chi connectivity index (χ0) is 15.4. The van der Waals surface area contributed by atoms with Crippen LogP contribution in [0.2, 0.25) is 0 Å². The van der Waals surface area contributed by atoms with Crippen LogP contribution in [0.3, 0.4) is 0 Å². The maximum absolute atomic E-state index is 13.4. The molecule has 2 amide bonds. The van der Waals surface area contributed by atoms with Crippen LogP contribution in [0.4, 0.5) is 10.1 Å². The minimum absolute atomic E-state index is 0.158. The molecule has 0 atom stereocenters. The highest BCUT2D eigenvalue weighted by Crippen LogP contribution is 2.13. The molecule has 0 fully saturated rings. The molecule has 5 nitrogen and oxygen atoms in total. The Morgan fingerprint density at radius 3 is 2.71 bits per heavy atom. The van der Waals surface area contributed by atoms with Gasteiger partial charge in [0.2, 0.25) is 5.91 Å². The summed E-state index contributed by atoms with van der Waals surface area (Å²) in [4.78, 5) is 24.9. The Hall–Kier alpha value is -2.63. The highest BCUT2D eigenvalue weighted by atomic mass is 19.1. The largest absolute Gasteiger partial charge is 0.459 e. The van der Waals surface area contributed by atoms with Crippen LogP contribution in [0.1, 0.15) is 16.1 Å². The van der Waals surface area contributed by atoms with Gasteiger partial charge in [0.05, 0.1) is 12.8 Å². The lowest BCUT2D eigenvalue weighted by atomic mass is 10.2. The number of aryl methyl sites for hydroxylation is 1. The van der Waals surface area contributed by atoms with Crippen molar-refractivity contribution in [1.29, 1.82) is 0 Å². The number of carbonyl (C=O) groups excluding carboxylic acids is 2. The molecule has 21 heavy (non-hydrogen) atoms. The first-order chi connectivity index (χ1) is 9.97. The number of anilines is 1. The van der Waals surface area contributed by atoms with Gasteiger partial charge in [-0.3, -0.25) is 9.59 Å². The molecule has 6 heteroatoms. The van der Waals surface area contributed by atoms with Gasteiger partial charge in [-0.15, -0.1) is 0 Å². The monoisotopic (exact) mass is 290 g/mol. The maximum atomic E-state index is 13.4. The molecule has 110 valence electrons. The van der Waals surface area contributed by atoms with E-state index in [0.717, 1.165) is 0 Å². The Bertz CT molecular complexity index is 653. The Morgan fingerprint density at radius 2 is 2.10 bits per heavy atom. The van der Waals surface area contributed by atoms with Crippen molar-refractivity contribution in [3.63, 3.8) is 0 Å². The summed E-state index contributed by atoms with van der Waals surface area (Å²) in [6, 6.07) is 7.53.